The SMILES string of the molecule is CCC(C)[C@H](N)C(=O)NCC1CSCCS1. The van der Waals surface area contributed by atoms with Gasteiger partial charge in [-0.3, -0.25) is 4.79 Å². The molecule has 0 aromatic rings. The molecule has 5 heteroatoms. The molecule has 0 bridgehead atoms. The van der Waals surface area contributed by atoms with Gasteiger partial charge in [0.15, 0.2) is 0 Å². The van der Waals surface area contributed by atoms with Gasteiger partial charge in [0.25, 0.3) is 0 Å². The van der Waals surface area contributed by atoms with Crippen LogP contribution in [0.5, 0.6) is 0 Å². The highest BCUT2D eigenvalue weighted by Crippen LogP contribution is 2.23. The summed E-state index contributed by atoms with van der Waals surface area (Å²) < 4.78 is 0. The van der Waals surface area contributed by atoms with Crippen LogP contribution in [-0.4, -0.2) is 41.0 Å². The van der Waals surface area contributed by atoms with Crippen molar-refractivity contribution in [3.05, 3.63) is 0 Å². The Morgan fingerprint density at radius 1 is 1.56 bits per heavy atom. The van der Waals surface area contributed by atoms with Gasteiger partial charge in [0.1, 0.15) is 0 Å². The van der Waals surface area contributed by atoms with Gasteiger partial charge in [0.05, 0.1) is 6.04 Å². The number of nitrogens with one attached hydrogen (secondary N) is 1. The molecular weight excluding hydrogens is 240 g/mol. The number of carbonyl (C=O) groups is 1. The van der Waals surface area contributed by atoms with E-state index in [0.717, 1.165) is 18.7 Å². The van der Waals surface area contributed by atoms with Crippen LogP contribution in [0.2, 0.25) is 0 Å². The van der Waals surface area contributed by atoms with Gasteiger partial charge in [-0.1, -0.05) is 20.3 Å². The van der Waals surface area contributed by atoms with E-state index >= 15 is 0 Å². The third-order valence-corrected chi connectivity index (χ3v) is 5.79. The molecule has 1 fully saturated rings. The second-order valence-corrected chi connectivity index (χ2v) is 6.78. The Balaban J connectivity index is 2.23. The first-order chi connectivity index (χ1) is 7.65. The van der Waals surface area contributed by atoms with Crippen LogP contribution in [0, 0.1) is 5.92 Å². The largest absolute Gasteiger partial charge is 0.354 e. The average Bonchev–Trinajstić information content (AvgIpc) is 2.35. The fourth-order valence-electron chi connectivity index (χ4n) is 1.50. The number of carbonyl (C=O) groups excluding carboxylic acids is 1. The van der Waals surface area contributed by atoms with Crippen molar-refractivity contribution in [1.29, 1.82) is 0 Å². The number of nitrogens with two attached hydrogens (primary N) is 1. The van der Waals surface area contributed by atoms with Crippen molar-refractivity contribution < 1.29 is 4.79 Å². The third kappa shape index (κ3) is 4.55. The molecule has 0 radical (unpaired) electrons. The molecule has 1 heterocycles. The number of rotatable bonds is 5. The predicted molar refractivity (Wildman–Crippen MR) is 74.0 cm³/mol. The molecule has 1 saturated heterocycles. The van der Waals surface area contributed by atoms with E-state index in [1.54, 1.807) is 0 Å². The Morgan fingerprint density at radius 2 is 2.31 bits per heavy atom. The van der Waals surface area contributed by atoms with E-state index in [1.165, 1.54) is 11.5 Å². The molecule has 3 atom stereocenters. The summed E-state index contributed by atoms with van der Waals surface area (Å²) in [6.07, 6.45) is 0.947. The Morgan fingerprint density at radius 3 is 2.88 bits per heavy atom. The number of hydrogen-bond donors (Lipinski definition) is 2. The Hall–Kier alpha value is 0.130. The summed E-state index contributed by atoms with van der Waals surface area (Å²) in [5.74, 6) is 3.84. The molecule has 0 spiro atoms. The lowest BCUT2D eigenvalue weighted by Crippen LogP contribution is -2.46. The molecule has 0 aromatic heterocycles. The molecule has 16 heavy (non-hydrogen) atoms. The maximum atomic E-state index is 11.7. The molecule has 1 aliphatic heterocycles. The second kappa shape index (κ2) is 7.45. The van der Waals surface area contributed by atoms with Crippen molar-refractivity contribution in [3.8, 4) is 0 Å². The van der Waals surface area contributed by atoms with Crippen molar-refractivity contribution in [1.82, 2.24) is 5.32 Å². The zero-order valence-corrected chi connectivity index (χ0v) is 11.7. The van der Waals surface area contributed by atoms with Crippen molar-refractivity contribution in [2.75, 3.05) is 23.8 Å². The first kappa shape index (κ1) is 14.2. The van der Waals surface area contributed by atoms with Crippen LogP contribution < -0.4 is 11.1 Å². The van der Waals surface area contributed by atoms with Gasteiger partial charge < -0.3 is 11.1 Å². The minimum absolute atomic E-state index is 0.00511. The van der Waals surface area contributed by atoms with E-state index in [0.29, 0.717) is 5.25 Å². The first-order valence-electron chi connectivity index (χ1n) is 5.87. The van der Waals surface area contributed by atoms with Crippen LogP contribution in [0.15, 0.2) is 0 Å². The quantitative estimate of drug-likeness (QED) is 0.785. The zero-order chi connectivity index (χ0) is 12.0. The first-order valence-corrected chi connectivity index (χ1v) is 8.08. The summed E-state index contributed by atoms with van der Waals surface area (Å²) >= 11 is 3.93. The van der Waals surface area contributed by atoms with Gasteiger partial charge in [-0.05, 0) is 5.92 Å². The lowest BCUT2D eigenvalue weighted by molar-refractivity contribution is -0.123. The molecule has 3 nitrogen and oxygen atoms in total. The summed E-state index contributed by atoms with van der Waals surface area (Å²) in [6.45, 7) is 4.85. The van der Waals surface area contributed by atoms with E-state index in [1.807, 2.05) is 30.4 Å². The van der Waals surface area contributed by atoms with Crippen LogP contribution in [0.3, 0.4) is 0 Å². The molecule has 0 aromatic carbocycles. The summed E-state index contributed by atoms with van der Waals surface area (Å²) in [6, 6.07) is -0.355. The highest BCUT2D eigenvalue weighted by Gasteiger charge is 2.21. The van der Waals surface area contributed by atoms with Gasteiger partial charge in [0.2, 0.25) is 5.91 Å². The smallest absolute Gasteiger partial charge is 0.237 e. The summed E-state index contributed by atoms with van der Waals surface area (Å²) in [5.41, 5.74) is 5.86. The van der Waals surface area contributed by atoms with Crippen LogP contribution in [0.25, 0.3) is 0 Å². The number of hydrogen-bond acceptors (Lipinski definition) is 4. The van der Waals surface area contributed by atoms with E-state index in [-0.39, 0.29) is 17.9 Å². The van der Waals surface area contributed by atoms with E-state index in [2.05, 4.69) is 12.2 Å². The Labute approximate surface area is 107 Å². The molecule has 1 aliphatic rings. The molecular formula is C11H22N2OS2. The summed E-state index contributed by atoms with van der Waals surface area (Å²) in [4.78, 5) is 11.7. The molecule has 2 unspecified atom stereocenters. The molecule has 0 aliphatic carbocycles. The Kier molecular flexibility index (Phi) is 6.61. The maximum Gasteiger partial charge on any atom is 0.237 e. The molecule has 0 saturated carbocycles. The standard InChI is InChI=1S/C11H22N2OS2/c1-3-8(2)10(12)11(14)13-6-9-7-15-4-5-16-9/h8-10H,3-7,12H2,1-2H3,(H,13,14)/t8?,9?,10-/m0/s1. The van der Waals surface area contributed by atoms with Gasteiger partial charge in [0, 0.05) is 29.1 Å². The van der Waals surface area contributed by atoms with Crippen LogP contribution in [0.4, 0.5) is 0 Å². The highest BCUT2D eigenvalue weighted by molar-refractivity contribution is 8.06. The lowest BCUT2D eigenvalue weighted by Gasteiger charge is -2.23. The average molecular weight is 262 g/mol. The topological polar surface area (TPSA) is 55.1 Å². The summed E-state index contributed by atoms with van der Waals surface area (Å²) in [7, 11) is 0. The zero-order valence-electron chi connectivity index (χ0n) is 10.1. The van der Waals surface area contributed by atoms with Gasteiger partial charge in [-0.2, -0.15) is 23.5 Å². The molecule has 94 valence electrons. The number of amides is 1. The van der Waals surface area contributed by atoms with Crippen molar-refractivity contribution in [3.63, 3.8) is 0 Å². The van der Waals surface area contributed by atoms with E-state index in [4.69, 9.17) is 5.73 Å². The predicted octanol–water partition coefficient (Wildman–Crippen LogP) is 1.32. The van der Waals surface area contributed by atoms with Crippen LogP contribution in [0.1, 0.15) is 20.3 Å². The van der Waals surface area contributed by atoms with Gasteiger partial charge in [-0.15, -0.1) is 0 Å². The van der Waals surface area contributed by atoms with Crippen molar-refractivity contribution >= 4 is 29.4 Å². The Bertz CT molecular complexity index is 220. The van der Waals surface area contributed by atoms with Crippen molar-refractivity contribution in [2.45, 2.75) is 31.6 Å². The van der Waals surface area contributed by atoms with E-state index < -0.39 is 0 Å². The minimum atomic E-state index is -0.355. The monoisotopic (exact) mass is 262 g/mol. The normalized spacial score (nSPS) is 24.8. The fraction of sp³-hybridized carbons (Fsp3) is 0.909. The lowest BCUT2D eigenvalue weighted by atomic mass is 9.99. The fourth-order valence-corrected chi connectivity index (χ4v) is 4.11. The minimum Gasteiger partial charge on any atom is -0.354 e. The molecule has 3 N–H and O–H groups in total. The second-order valence-electron chi connectivity index (χ2n) is 4.22. The van der Waals surface area contributed by atoms with Crippen molar-refractivity contribution in [2.24, 2.45) is 11.7 Å². The number of thioether (sulfide) groups is 2. The molecule has 1 amide bonds. The molecule has 1 rings (SSSR count). The maximum absolute atomic E-state index is 11.7. The van der Waals surface area contributed by atoms with Gasteiger partial charge >= 0.3 is 0 Å². The van der Waals surface area contributed by atoms with Crippen LogP contribution in [-0.2, 0) is 4.79 Å². The highest BCUT2D eigenvalue weighted by atomic mass is 32.2. The van der Waals surface area contributed by atoms with E-state index in [9.17, 15) is 4.79 Å². The van der Waals surface area contributed by atoms with Crippen LogP contribution >= 0.6 is 23.5 Å². The third-order valence-electron chi connectivity index (χ3n) is 2.95. The summed E-state index contributed by atoms with van der Waals surface area (Å²) in [5, 5.41) is 3.53. The van der Waals surface area contributed by atoms with Gasteiger partial charge in [-0.25, -0.2) is 0 Å².